The lowest BCUT2D eigenvalue weighted by Crippen LogP contribution is -2.11. The summed E-state index contributed by atoms with van der Waals surface area (Å²) in [6, 6.07) is 15.6. The van der Waals surface area contributed by atoms with Crippen LogP contribution >= 0.6 is 0 Å². The number of alkyl halides is 1. The number of rotatable bonds is 18. The van der Waals surface area contributed by atoms with Gasteiger partial charge in [0.25, 0.3) is 0 Å². The highest BCUT2D eigenvalue weighted by Gasteiger charge is 2.07. The molecule has 3 rings (SSSR count). The molecule has 4 nitrogen and oxygen atoms in total. The smallest absolute Gasteiger partial charge is 0.159 e. The van der Waals surface area contributed by atoms with Crippen molar-refractivity contribution in [1.29, 1.82) is 0 Å². The van der Waals surface area contributed by atoms with Crippen LogP contribution in [0.25, 0.3) is 22.5 Å². The number of halogens is 1. The maximum absolute atomic E-state index is 13.4. The SMILES string of the molecule is CCCCCCCCCCCCOc1ccc(-c2cnc(-c3ccc(OCC(F)CC)cc3)nc2)cc1. The molecule has 0 N–H and O–H groups in total. The molecule has 2 aromatic carbocycles. The maximum Gasteiger partial charge on any atom is 0.159 e. The summed E-state index contributed by atoms with van der Waals surface area (Å²) in [5.74, 6) is 2.19. The number of benzene rings is 2. The fourth-order valence-electron chi connectivity index (χ4n) is 4.15. The highest BCUT2D eigenvalue weighted by atomic mass is 19.1. The Labute approximate surface area is 222 Å². The van der Waals surface area contributed by atoms with Gasteiger partial charge in [-0.2, -0.15) is 0 Å². The largest absolute Gasteiger partial charge is 0.494 e. The summed E-state index contributed by atoms with van der Waals surface area (Å²) in [5, 5.41) is 0. The second-order valence-corrected chi connectivity index (χ2v) is 9.69. The average Bonchev–Trinajstić information content (AvgIpc) is 2.95. The van der Waals surface area contributed by atoms with Gasteiger partial charge in [0.2, 0.25) is 0 Å². The van der Waals surface area contributed by atoms with Crippen molar-refractivity contribution < 1.29 is 13.9 Å². The van der Waals surface area contributed by atoms with E-state index in [2.05, 4.69) is 16.9 Å². The number of hydrogen-bond acceptors (Lipinski definition) is 4. The van der Waals surface area contributed by atoms with Gasteiger partial charge in [-0.05, 0) is 54.8 Å². The standard InChI is InChI=1S/C32H43FN2O2/c1-3-5-6-7-8-9-10-11-12-13-22-36-30-18-14-26(15-19-30)28-23-34-32(35-24-28)27-16-20-31(21-17-27)37-25-29(33)4-2/h14-21,23-24,29H,3-13,22,25H2,1-2H3. The molecule has 1 aromatic heterocycles. The molecule has 5 heteroatoms. The molecule has 0 fully saturated rings. The number of aromatic nitrogens is 2. The lowest BCUT2D eigenvalue weighted by atomic mass is 10.1. The Bertz CT molecular complexity index is 991. The van der Waals surface area contributed by atoms with Crippen molar-refractivity contribution in [3.05, 3.63) is 60.9 Å². The highest BCUT2D eigenvalue weighted by molar-refractivity contribution is 5.64. The van der Waals surface area contributed by atoms with Gasteiger partial charge in [0.15, 0.2) is 5.82 Å². The first-order chi connectivity index (χ1) is 18.2. The Morgan fingerprint density at radius 3 is 1.70 bits per heavy atom. The van der Waals surface area contributed by atoms with Gasteiger partial charge >= 0.3 is 0 Å². The van der Waals surface area contributed by atoms with Crippen LogP contribution in [0.4, 0.5) is 4.39 Å². The molecule has 0 saturated carbocycles. The van der Waals surface area contributed by atoms with Crippen LogP contribution in [0.5, 0.6) is 11.5 Å². The molecule has 0 amide bonds. The Balaban J connectivity index is 1.37. The third-order valence-electron chi connectivity index (χ3n) is 6.59. The summed E-state index contributed by atoms with van der Waals surface area (Å²) < 4.78 is 24.8. The summed E-state index contributed by atoms with van der Waals surface area (Å²) in [7, 11) is 0. The Kier molecular flexibility index (Phi) is 12.9. The minimum Gasteiger partial charge on any atom is -0.494 e. The molecule has 3 aromatic rings. The third-order valence-corrected chi connectivity index (χ3v) is 6.59. The number of hydrogen-bond donors (Lipinski definition) is 0. The topological polar surface area (TPSA) is 44.2 Å². The number of nitrogens with zero attached hydrogens (tertiary/aromatic N) is 2. The van der Waals surface area contributed by atoms with Crippen molar-refractivity contribution in [2.45, 2.75) is 90.6 Å². The maximum atomic E-state index is 13.4. The van der Waals surface area contributed by atoms with E-state index in [1.807, 2.05) is 60.9 Å². The molecule has 0 bridgehead atoms. The molecule has 1 atom stereocenters. The van der Waals surface area contributed by atoms with E-state index in [0.717, 1.165) is 35.5 Å². The number of ether oxygens (including phenoxy) is 2. The number of unbranched alkanes of at least 4 members (excludes halogenated alkanes) is 9. The molecule has 1 heterocycles. The van der Waals surface area contributed by atoms with Gasteiger partial charge in [-0.3, -0.25) is 0 Å². The van der Waals surface area contributed by atoms with E-state index < -0.39 is 6.17 Å². The lowest BCUT2D eigenvalue weighted by molar-refractivity contribution is 0.192. The molecule has 0 radical (unpaired) electrons. The van der Waals surface area contributed by atoms with Crippen LogP contribution in [0.3, 0.4) is 0 Å². The van der Waals surface area contributed by atoms with Crippen LogP contribution in [0, 0.1) is 0 Å². The van der Waals surface area contributed by atoms with Crippen molar-refractivity contribution in [2.24, 2.45) is 0 Å². The molecule has 0 aliphatic heterocycles. The second kappa shape index (κ2) is 16.7. The van der Waals surface area contributed by atoms with E-state index in [4.69, 9.17) is 9.47 Å². The van der Waals surface area contributed by atoms with Gasteiger partial charge in [0, 0.05) is 23.5 Å². The molecular weight excluding hydrogens is 463 g/mol. The second-order valence-electron chi connectivity index (χ2n) is 9.69. The summed E-state index contributed by atoms with van der Waals surface area (Å²) >= 11 is 0. The molecule has 0 spiro atoms. The zero-order valence-electron chi connectivity index (χ0n) is 22.6. The predicted molar refractivity (Wildman–Crippen MR) is 151 cm³/mol. The van der Waals surface area contributed by atoms with Crippen LogP contribution < -0.4 is 9.47 Å². The average molecular weight is 507 g/mol. The van der Waals surface area contributed by atoms with E-state index in [-0.39, 0.29) is 6.61 Å². The minimum absolute atomic E-state index is 0.0736. The molecule has 0 aliphatic rings. The monoisotopic (exact) mass is 506 g/mol. The zero-order valence-corrected chi connectivity index (χ0v) is 22.6. The fraction of sp³-hybridized carbons (Fsp3) is 0.500. The predicted octanol–water partition coefficient (Wildman–Crippen LogP) is 9.24. The van der Waals surface area contributed by atoms with E-state index in [9.17, 15) is 4.39 Å². The van der Waals surface area contributed by atoms with Crippen molar-refractivity contribution in [3.63, 3.8) is 0 Å². The van der Waals surface area contributed by atoms with E-state index in [1.165, 1.54) is 57.8 Å². The zero-order chi connectivity index (χ0) is 26.1. The summed E-state index contributed by atoms with van der Waals surface area (Å²) in [4.78, 5) is 9.06. The summed E-state index contributed by atoms with van der Waals surface area (Å²) in [5.41, 5.74) is 2.90. The lowest BCUT2D eigenvalue weighted by Gasteiger charge is -2.09. The van der Waals surface area contributed by atoms with E-state index in [1.54, 1.807) is 6.92 Å². The first-order valence-electron chi connectivity index (χ1n) is 14.1. The Morgan fingerprint density at radius 1 is 0.622 bits per heavy atom. The van der Waals surface area contributed by atoms with Crippen LogP contribution in [0.2, 0.25) is 0 Å². The minimum atomic E-state index is -0.944. The van der Waals surface area contributed by atoms with Crippen LogP contribution in [0.15, 0.2) is 60.9 Å². The molecule has 0 saturated heterocycles. The van der Waals surface area contributed by atoms with Crippen molar-refractivity contribution in [2.75, 3.05) is 13.2 Å². The molecule has 0 aliphatic carbocycles. The van der Waals surface area contributed by atoms with E-state index in [0.29, 0.717) is 18.0 Å². The highest BCUT2D eigenvalue weighted by Crippen LogP contribution is 2.24. The summed E-state index contributed by atoms with van der Waals surface area (Å²) in [6.45, 7) is 4.91. The van der Waals surface area contributed by atoms with E-state index >= 15 is 0 Å². The first-order valence-corrected chi connectivity index (χ1v) is 14.1. The van der Waals surface area contributed by atoms with Gasteiger partial charge in [-0.15, -0.1) is 0 Å². The Morgan fingerprint density at radius 2 is 1.14 bits per heavy atom. The third kappa shape index (κ3) is 10.5. The molecule has 200 valence electrons. The van der Waals surface area contributed by atoms with Crippen molar-refractivity contribution >= 4 is 0 Å². The van der Waals surface area contributed by atoms with Gasteiger partial charge in [-0.25, -0.2) is 14.4 Å². The quantitative estimate of drug-likeness (QED) is 0.161. The Hall–Kier alpha value is -2.95. The van der Waals surface area contributed by atoms with Crippen LogP contribution in [-0.4, -0.2) is 29.4 Å². The van der Waals surface area contributed by atoms with Crippen molar-refractivity contribution in [1.82, 2.24) is 9.97 Å². The van der Waals surface area contributed by atoms with Gasteiger partial charge in [0.1, 0.15) is 24.3 Å². The van der Waals surface area contributed by atoms with Crippen molar-refractivity contribution in [3.8, 4) is 34.0 Å². The molecular formula is C32H43FN2O2. The summed E-state index contributed by atoms with van der Waals surface area (Å²) in [6.07, 6.45) is 16.4. The van der Waals surface area contributed by atoms with Gasteiger partial charge < -0.3 is 9.47 Å². The van der Waals surface area contributed by atoms with Gasteiger partial charge in [0.05, 0.1) is 6.61 Å². The fourth-order valence-corrected chi connectivity index (χ4v) is 4.15. The normalized spacial score (nSPS) is 11.9. The van der Waals surface area contributed by atoms with Gasteiger partial charge in [-0.1, -0.05) is 83.8 Å². The molecule has 37 heavy (non-hydrogen) atoms. The molecule has 1 unspecified atom stereocenters. The van der Waals surface area contributed by atoms with Crippen LogP contribution in [0.1, 0.15) is 84.5 Å². The van der Waals surface area contributed by atoms with Crippen LogP contribution in [-0.2, 0) is 0 Å². The first kappa shape index (κ1) is 28.6.